The Morgan fingerprint density at radius 2 is 1.10 bits per heavy atom. The molecule has 0 aliphatic carbocycles. The standard InChI is InChI=1S/C32H38O7/c1-4-7-20-35-25-12-10-24(11-13-25)31(33)39-30-19-18-28(23-29(30)32(34)37-22-9-6-3)38-27-16-14-26(15-17-27)36-21-8-5-2/h10-19,23H,4-9,20-22H2,1-3H3. The number of carbonyl (C=O) groups is 2. The fraction of sp³-hybridized carbons (Fsp3) is 0.375. The Morgan fingerprint density at radius 3 is 1.69 bits per heavy atom. The number of rotatable bonds is 16. The van der Waals surface area contributed by atoms with Crippen LogP contribution >= 0.6 is 0 Å². The Hall–Kier alpha value is -4.00. The molecule has 0 unspecified atom stereocenters. The smallest absolute Gasteiger partial charge is 0.343 e. The van der Waals surface area contributed by atoms with Gasteiger partial charge in [0, 0.05) is 0 Å². The molecule has 0 fully saturated rings. The van der Waals surface area contributed by atoms with Crippen LogP contribution in [0.25, 0.3) is 0 Å². The van der Waals surface area contributed by atoms with Gasteiger partial charge in [0.1, 0.15) is 34.3 Å². The molecule has 0 spiro atoms. The number of carbonyl (C=O) groups excluding carboxylic acids is 2. The van der Waals surface area contributed by atoms with Gasteiger partial charge in [0.05, 0.1) is 25.4 Å². The number of ether oxygens (including phenoxy) is 5. The Kier molecular flexibility index (Phi) is 12.2. The maximum Gasteiger partial charge on any atom is 0.343 e. The predicted molar refractivity (Wildman–Crippen MR) is 150 cm³/mol. The third kappa shape index (κ3) is 9.67. The summed E-state index contributed by atoms with van der Waals surface area (Å²) in [4.78, 5) is 25.8. The highest BCUT2D eigenvalue weighted by molar-refractivity contribution is 5.96. The normalized spacial score (nSPS) is 10.5. The van der Waals surface area contributed by atoms with Crippen LogP contribution in [-0.4, -0.2) is 31.8 Å². The summed E-state index contributed by atoms with van der Waals surface area (Å²) in [6.07, 6.45) is 5.67. The van der Waals surface area contributed by atoms with Crippen molar-refractivity contribution in [2.45, 2.75) is 59.3 Å². The molecule has 0 N–H and O–H groups in total. The van der Waals surface area contributed by atoms with Crippen LogP contribution in [0.15, 0.2) is 66.7 Å². The van der Waals surface area contributed by atoms with Crippen LogP contribution in [0.2, 0.25) is 0 Å². The van der Waals surface area contributed by atoms with E-state index in [2.05, 4.69) is 13.8 Å². The van der Waals surface area contributed by atoms with Gasteiger partial charge in [-0.25, -0.2) is 9.59 Å². The Morgan fingerprint density at radius 1 is 0.590 bits per heavy atom. The maximum absolute atomic E-state index is 12.9. The van der Waals surface area contributed by atoms with Gasteiger partial charge in [-0.2, -0.15) is 0 Å². The fourth-order valence-corrected chi connectivity index (χ4v) is 3.46. The topological polar surface area (TPSA) is 80.3 Å². The molecule has 3 rings (SSSR count). The fourth-order valence-electron chi connectivity index (χ4n) is 3.46. The summed E-state index contributed by atoms with van der Waals surface area (Å²) < 4.78 is 28.3. The van der Waals surface area contributed by atoms with Gasteiger partial charge in [-0.1, -0.05) is 40.0 Å². The van der Waals surface area contributed by atoms with E-state index in [-0.39, 0.29) is 17.9 Å². The van der Waals surface area contributed by atoms with Crippen LogP contribution < -0.4 is 18.9 Å². The first-order valence-electron chi connectivity index (χ1n) is 13.7. The molecule has 0 aliphatic rings. The minimum Gasteiger partial charge on any atom is -0.494 e. The van der Waals surface area contributed by atoms with Crippen LogP contribution in [0.4, 0.5) is 0 Å². The first-order valence-corrected chi connectivity index (χ1v) is 13.7. The van der Waals surface area contributed by atoms with Gasteiger partial charge in [0.15, 0.2) is 0 Å². The van der Waals surface area contributed by atoms with E-state index in [0.29, 0.717) is 36.0 Å². The molecule has 0 atom stereocenters. The predicted octanol–water partition coefficient (Wildman–Crippen LogP) is 8.01. The molecule has 7 heteroatoms. The van der Waals surface area contributed by atoms with Gasteiger partial charge in [-0.15, -0.1) is 0 Å². The first kappa shape index (κ1) is 29.6. The van der Waals surface area contributed by atoms with Crippen molar-refractivity contribution >= 4 is 11.9 Å². The van der Waals surface area contributed by atoms with Crippen molar-refractivity contribution in [1.82, 2.24) is 0 Å². The van der Waals surface area contributed by atoms with Gasteiger partial charge in [-0.3, -0.25) is 0 Å². The number of hydrogen-bond donors (Lipinski definition) is 0. The molecule has 3 aromatic carbocycles. The zero-order valence-corrected chi connectivity index (χ0v) is 23.1. The van der Waals surface area contributed by atoms with Crippen molar-refractivity contribution in [1.29, 1.82) is 0 Å². The average molecular weight is 535 g/mol. The van der Waals surface area contributed by atoms with Crippen LogP contribution in [0, 0.1) is 0 Å². The first-order chi connectivity index (χ1) is 19.0. The molecule has 0 saturated carbocycles. The van der Waals surface area contributed by atoms with Gasteiger partial charge in [0.2, 0.25) is 0 Å². The second kappa shape index (κ2) is 16.1. The molecule has 0 bridgehead atoms. The molecule has 7 nitrogen and oxygen atoms in total. The molecule has 0 radical (unpaired) electrons. The molecule has 0 saturated heterocycles. The summed E-state index contributed by atoms with van der Waals surface area (Å²) in [6, 6.07) is 18.7. The lowest BCUT2D eigenvalue weighted by Crippen LogP contribution is -2.13. The minimum atomic E-state index is -0.593. The summed E-state index contributed by atoms with van der Waals surface area (Å²) >= 11 is 0. The van der Waals surface area contributed by atoms with Crippen molar-refractivity contribution in [2.24, 2.45) is 0 Å². The Bertz CT molecular complexity index is 1170. The van der Waals surface area contributed by atoms with E-state index in [1.54, 1.807) is 42.5 Å². The number of benzene rings is 3. The zero-order chi connectivity index (χ0) is 27.9. The third-order valence-corrected chi connectivity index (χ3v) is 5.79. The SMILES string of the molecule is CCCCOC(=O)c1cc(Oc2ccc(OCCCC)cc2)ccc1OC(=O)c1ccc(OCCCC)cc1. The van der Waals surface area contributed by atoms with E-state index in [1.807, 2.05) is 19.1 Å². The summed E-state index contributed by atoms with van der Waals surface area (Å²) in [7, 11) is 0. The Balaban J connectivity index is 1.73. The molecule has 0 heterocycles. The molecule has 0 amide bonds. The lowest BCUT2D eigenvalue weighted by Gasteiger charge is -2.13. The van der Waals surface area contributed by atoms with Crippen LogP contribution in [0.5, 0.6) is 28.7 Å². The zero-order valence-electron chi connectivity index (χ0n) is 23.1. The van der Waals surface area contributed by atoms with Gasteiger partial charge < -0.3 is 23.7 Å². The van der Waals surface area contributed by atoms with Crippen molar-refractivity contribution in [3.8, 4) is 28.7 Å². The minimum absolute atomic E-state index is 0.0943. The molecule has 0 aromatic heterocycles. The average Bonchev–Trinajstić information content (AvgIpc) is 2.95. The molecular formula is C32H38O7. The second-order valence-electron chi connectivity index (χ2n) is 9.04. The van der Waals surface area contributed by atoms with Gasteiger partial charge in [-0.05, 0) is 86.0 Å². The highest BCUT2D eigenvalue weighted by atomic mass is 16.5. The van der Waals surface area contributed by atoms with E-state index in [4.69, 9.17) is 23.7 Å². The lowest BCUT2D eigenvalue weighted by atomic mass is 10.1. The third-order valence-electron chi connectivity index (χ3n) is 5.79. The van der Waals surface area contributed by atoms with Crippen molar-refractivity contribution in [3.63, 3.8) is 0 Å². The van der Waals surface area contributed by atoms with Crippen molar-refractivity contribution in [3.05, 3.63) is 77.9 Å². The quantitative estimate of drug-likeness (QED) is 0.105. The largest absolute Gasteiger partial charge is 0.494 e. The Labute approximate surface area is 231 Å². The molecule has 0 aliphatic heterocycles. The van der Waals surface area contributed by atoms with Crippen LogP contribution in [0.1, 0.15) is 80.0 Å². The highest BCUT2D eigenvalue weighted by Crippen LogP contribution is 2.30. The number of hydrogen-bond acceptors (Lipinski definition) is 7. The maximum atomic E-state index is 12.9. The van der Waals surface area contributed by atoms with E-state index in [1.165, 1.54) is 12.1 Å². The van der Waals surface area contributed by atoms with E-state index in [9.17, 15) is 9.59 Å². The second-order valence-corrected chi connectivity index (χ2v) is 9.04. The lowest BCUT2D eigenvalue weighted by molar-refractivity contribution is 0.0494. The van der Waals surface area contributed by atoms with Gasteiger partial charge >= 0.3 is 11.9 Å². The molecule has 3 aromatic rings. The summed E-state index contributed by atoms with van der Waals surface area (Å²) in [5, 5.41) is 0. The summed E-state index contributed by atoms with van der Waals surface area (Å²) in [5.41, 5.74) is 0.445. The number of esters is 2. The highest BCUT2D eigenvalue weighted by Gasteiger charge is 2.19. The molecule has 208 valence electrons. The van der Waals surface area contributed by atoms with Crippen molar-refractivity contribution < 1.29 is 33.3 Å². The van der Waals surface area contributed by atoms with Crippen LogP contribution in [0.3, 0.4) is 0 Å². The van der Waals surface area contributed by atoms with E-state index in [0.717, 1.165) is 44.3 Å². The summed E-state index contributed by atoms with van der Waals surface area (Å²) in [6.45, 7) is 7.77. The van der Waals surface area contributed by atoms with E-state index >= 15 is 0 Å². The summed E-state index contributed by atoms with van der Waals surface area (Å²) in [5.74, 6) is 1.35. The van der Waals surface area contributed by atoms with E-state index < -0.39 is 11.9 Å². The molecular weight excluding hydrogens is 496 g/mol. The monoisotopic (exact) mass is 534 g/mol. The van der Waals surface area contributed by atoms with Gasteiger partial charge in [0.25, 0.3) is 0 Å². The van der Waals surface area contributed by atoms with Crippen LogP contribution in [-0.2, 0) is 4.74 Å². The number of unbranched alkanes of at least 4 members (excludes halogenated alkanes) is 3. The molecule has 39 heavy (non-hydrogen) atoms. The van der Waals surface area contributed by atoms with Crippen molar-refractivity contribution in [2.75, 3.05) is 19.8 Å².